The quantitative estimate of drug-likeness (QED) is 0.774. The maximum Gasteiger partial charge on any atom is 0.155 e. The van der Waals surface area contributed by atoms with E-state index < -0.39 is 0 Å². The molecule has 108 valence electrons. The van der Waals surface area contributed by atoms with Crippen LogP contribution in [-0.2, 0) is 6.42 Å². The van der Waals surface area contributed by atoms with Crippen LogP contribution in [0.4, 0.5) is 4.39 Å². The van der Waals surface area contributed by atoms with Crippen molar-refractivity contribution in [3.8, 4) is 5.75 Å². The van der Waals surface area contributed by atoms with Gasteiger partial charge in [-0.3, -0.25) is 0 Å². The molecule has 0 fully saturated rings. The average Bonchev–Trinajstić information content (AvgIpc) is 2.88. The molecule has 0 atom stereocenters. The number of nitrogens with zero attached hydrogens (tertiary/aromatic N) is 3. The molecule has 0 bridgehead atoms. The van der Waals surface area contributed by atoms with E-state index in [1.165, 1.54) is 0 Å². The van der Waals surface area contributed by atoms with Crippen LogP contribution >= 0.6 is 0 Å². The predicted octanol–water partition coefficient (Wildman–Crippen LogP) is 3.71. The molecule has 0 aliphatic rings. The van der Waals surface area contributed by atoms with E-state index in [2.05, 4.69) is 17.0 Å². The Bertz CT molecular complexity index is 592. The van der Waals surface area contributed by atoms with Crippen molar-refractivity contribution in [1.82, 2.24) is 14.6 Å². The molecule has 20 heavy (non-hydrogen) atoms. The number of aromatic nitrogens is 3. The molecule has 0 aliphatic heterocycles. The van der Waals surface area contributed by atoms with Crippen molar-refractivity contribution in [2.75, 3.05) is 6.61 Å². The molecule has 0 N–H and O–H groups in total. The van der Waals surface area contributed by atoms with Crippen molar-refractivity contribution in [2.24, 2.45) is 0 Å². The average molecular weight is 277 g/mol. The first-order valence-electron chi connectivity index (χ1n) is 7.03. The minimum Gasteiger partial charge on any atom is -0.488 e. The van der Waals surface area contributed by atoms with Gasteiger partial charge >= 0.3 is 0 Å². The van der Waals surface area contributed by atoms with Crippen LogP contribution in [-0.4, -0.2) is 21.2 Å². The number of ether oxygens (including phenoxy) is 1. The van der Waals surface area contributed by atoms with Gasteiger partial charge in [0.2, 0.25) is 0 Å². The Hall–Kier alpha value is -1.91. The summed E-state index contributed by atoms with van der Waals surface area (Å²) < 4.78 is 19.7. The summed E-state index contributed by atoms with van der Waals surface area (Å²) in [6.07, 6.45) is 6.13. The molecule has 2 heterocycles. The fourth-order valence-electron chi connectivity index (χ4n) is 1.82. The highest BCUT2D eigenvalue weighted by Gasteiger charge is 2.05. The van der Waals surface area contributed by atoms with Gasteiger partial charge in [-0.1, -0.05) is 20.3 Å². The van der Waals surface area contributed by atoms with Crippen molar-refractivity contribution >= 4 is 5.65 Å². The zero-order valence-corrected chi connectivity index (χ0v) is 12.0. The minimum atomic E-state index is 0.260. The van der Waals surface area contributed by atoms with Crippen LogP contribution in [0.3, 0.4) is 0 Å². The number of pyridine rings is 1. The Balaban J connectivity index is 2.08. The predicted molar refractivity (Wildman–Crippen MR) is 76.6 cm³/mol. The lowest BCUT2D eigenvalue weighted by molar-refractivity contribution is 0.343. The zero-order chi connectivity index (χ0) is 14.4. The van der Waals surface area contributed by atoms with Gasteiger partial charge in [0, 0.05) is 6.42 Å². The Morgan fingerprint density at radius 2 is 2.25 bits per heavy atom. The second kappa shape index (κ2) is 7.03. The van der Waals surface area contributed by atoms with Gasteiger partial charge in [-0.25, -0.2) is 13.9 Å². The number of rotatable bonds is 7. The third kappa shape index (κ3) is 3.56. The summed E-state index contributed by atoms with van der Waals surface area (Å²) in [7, 11) is 0. The molecule has 2 aromatic rings. The number of aryl methyl sites for hydroxylation is 1. The van der Waals surface area contributed by atoms with Crippen LogP contribution < -0.4 is 4.74 Å². The van der Waals surface area contributed by atoms with E-state index in [0.717, 1.165) is 30.7 Å². The lowest BCUT2D eigenvalue weighted by Crippen LogP contribution is -2.01. The van der Waals surface area contributed by atoms with E-state index in [0.29, 0.717) is 24.1 Å². The van der Waals surface area contributed by atoms with E-state index in [1.54, 1.807) is 10.7 Å². The molecule has 0 saturated heterocycles. The zero-order valence-electron chi connectivity index (χ0n) is 12.0. The largest absolute Gasteiger partial charge is 0.488 e. The lowest BCUT2D eigenvalue weighted by atomic mass is 10.2. The molecular formula is C15H20FN3O. The molecule has 2 rings (SSSR count). The van der Waals surface area contributed by atoms with Crippen LogP contribution in [0.1, 0.15) is 38.9 Å². The molecule has 5 heteroatoms. The van der Waals surface area contributed by atoms with Gasteiger partial charge in [-0.15, -0.1) is 0 Å². The minimum absolute atomic E-state index is 0.260. The standard InChI is InChI=1S/C15H20FN3O/c1-3-5-6-14-17-15-8-7-13(10-19(15)18-14)20-11-12(4-2)9-16/h7-10H,3-6,11H2,1-2H3/b12-9+. The summed E-state index contributed by atoms with van der Waals surface area (Å²) in [5, 5.41) is 4.42. The van der Waals surface area contributed by atoms with Gasteiger partial charge in [-0.2, -0.15) is 5.10 Å². The van der Waals surface area contributed by atoms with Crippen LogP contribution in [0.2, 0.25) is 0 Å². The Morgan fingerprint density at radius 3 is 2.95 bits per heavy atom. The van der Waals surface area contributed by atoms with Crippen molar-refractivity contribution in [1.29, 1.82) is 0 Å². The summed E-state index contributed by atoms with van der Waals surface area (Å²) >= 11 is 0. The molecule has 0 spiro atoms. The smallest absolute Gasteiger partial charge is 0.155 e. The Labute approximate surface area is 118 Å². The topological polar surface area (TPSA) is 39.4 Å². The molecule has 0 unspecified atom stereocenters. The number of unbranched alkanes of at least 4 members (excludes halogenated alkanes) is 1. The monoisotopic (exact) mass is 277 g/mol. The molecule has 0 aliphatic carbocycles. The Morgan fingerprint density at radius 1 is 1.40 bits per heavy atom. The number of hydrogen-bond acceptors (Lipinski definition) is 3. The van der Waals surface area contributed by atoms with Crippen LogP contribution in [0.15, 0.2) is 30.2 Å². The van der Waals surface area contributed by atoms with E-state index in [1.807, 2.05) is 19.1 Å². The molecule has 0 aromatic carbocycles. The first-order chi connectivity index (χ1) is 9.76. The highest BCUT2D eigenvalue weighted by molar-refractivity contribution is 5.40. The van der Waals surface area contributed by atoms with Gasteiger partial charge in [0.15, 0.2) is 11.5 Å². The summed E-state index contributed by atoms with van der Waals surface area (Å²) in [5.74, 6) is 1.51. The molecule has 0 saturated carbocycles. The maximum absolute atomic E-state index is 12.5. The van der Waals surface area contributed by atoms with Crippen LogP contribution in [0.25, 0.3) is 5.65 Å². The highest BCUT2D eigenvalue weighted by Crippen LogP contribution is 2.14. The van der Waals surface area contributed by atoms with Crippen LogP contribution in [0.5, 0.6) is 5.75 Å². The van der Waals surface area contributed by atoms with Gasteiger partial charge in [0.25, 0.3) is 0 Å². The van der Waals surface area contributed by atoms with Gasteiger partial charge < -0.3 is 4.74 Å². The second-order valence-electron chi connectivity index (χ2n) is 4.71. The third-order valence-corrected chi connectivity index (χ3v) is 3.13. The molecule has 0 amide bonds. The first-order valence-corrected chi connectivity index (χ1v) is 7.03. The summed E-state index contributed by atoms with van der Waals surface area (Å²) in [5.41, 5.74) is 1.44. The number of hydrogen-bond donors (Lipinski definition) is 0. The fourth-order valence-corrected chi connectivity index (χ4v) is 1.82. The van der Waals surface area contributed by atoms with Gasteiger partial charge in [0.05, 0.1) is 12.5 Å². The normalized spacial score (nSPS) is 12.1. The van der Waals surface area contributed by atoms with E-state index >= 15 is 0 Å². The number of fused-ring (bicyclic) bond motifs is 1. The molecular weight excluding hydrogens is 257 g/mol. The molecule has 0 radical (unpaired) electrons. The van der Waals surface area contributed by atoms with Gasteiger partial charge in [0.1, 0.15) is 12.4 Å². The maximum atomic E-state index is 12.5. The van der Waals surface area contributed by atoms with E-state index in [4.69, 9.17) is 4.74 Å². The van der Waals surface area contributed by atoms with E-state index in [-0.39, 0.29) is 6.61 Å². The summed E-state index contributed by atoms with van der Waals surface area (Å²) in [6.45, 7) is 4.30. The van der Waals surface area contributed by atoms with Crippen molar-refractivity contribution in [2.45, 2.75) is 39.5 Å². The van der Waals surface area contributed by atoms with Gasteiger partial charge in [-0.05, 0) is 30.5 Å². The van der Waals surface area contributed by atoms with E-state index in [9.17, 15) is 4.39 Å². The van der Waals surface area contributed by atoms with Crippen LogP contribution in [0, 0.1) is 0 Å². The van der Waals surface area contributed by atoms with Crippen molar-refractivity contribution in [3.05, 3.63) is 36.1 Å². The summed E-state index contributed by atoms with van der Waals surface area (Å²) in [4.78, 5) is 4.44. The first kappa shape index (κ1) is 14.5. The SMILES string of the molecule is CCCCc1nc2ccc(OC/C(=C/F)CC)cn2n1. The second-order valence-corrected chi connectivity index (χ2v) is 4.71. The number of halogens is 1. The lowest BCUT2D eigenvalue weighted by Gasteiger charge is -2.06. The molecule has 4 nitrogen and oxygen atoms in total. The molecule has 2 aromatic heterocycles. The fraction of sp³-hybridized carbons (Fsp3) is 0.467. The Kier molecular flexibility index (Phi) is 5.09. The summed E-state index contributed by atoms with van der Waals surface area (Å²) in [6, 6.07) is 3.70. The van der Waals surface area contributed by atoms with Crippen molar-refractivity contribution in [3.63, 3.8) is 0 Å². The highest BCUT2D eigenvalue weighted by atomic mass is 19.1. The van der Waals surface area contributed by atoms with Crippen molar-refractivity contribution < 1.29 is 9.13 Å². The third-order valence-electron chi connectivity index (χ3n) is 3.13.